The van der Waals surface area contributed by atoms with E-state index in [4.69, 9.17) is 0 Å². The third-order valence-corrected chi connectivity index (χ3v) is 3.75. The molecule has 0 amide bonds. The molecule has 0 spiro atoms. The molecule has 0 saturated heterocycles. The van der Waals surface area contributed by atoms with Crippen LogP contribution in [0, 0.1) is 5.92 Å². The number of nitrogens with one attached hydrogen (secondary N) is 1. The lowest BCUT2D eigenvalue weighted by Crippen LogP contribution is -2.43. The summed E-state index contributed by atoms with van der Waals surface area (Å²) in [6, 6.07) is 1.24. The highest BCUT2D eigenvalue weighted by molar-refractivity contribution is 8.13. The van der Waals surface area contributed by atoms with Gasteiger partial charge in [0, 0.05) is 11.8 Å². The van der Waals surface area contributed by atoms with Crippen LogP contribution in [0.3, 0.4) is 0 Å². The highest BCUT2D eigenvalue weighted by atomic mass is 32.2. The minimum absolute atomic E-state index is 0.529. The Morgan fingerprint density at radius 3 is 2.77 bits per heavy atom. The Kier molecular flexibility index (Phi) is 2.82. The SMILES string of the molecule is CC1CC(NC2=NC(C)CCS2)C1. The maximum Gasteiger partial charge on any atom is 0.157 e. The predicted molar refractivity (Wildman–Crippen MR) is 59.3 cm³/mol. The van der Waals surface area contributed by atoms with Crippen molar-refractivity contribution in [3.8, 4) is 0 Å². The fourth-order valence-electron chi connectivity index (χ4n) is 1.90. The Hall–Kier alpha value is -0.180. The zero-order valence-electron chi connectivity index (χ0n) is 8.42. The third-order valence-electron chi connectivity index (χ3n) is 2.81. The number of hydrogen-bond donors (Lipinski definition) is 1. The van der Waals surface area contributed by atoms with Gasteiger partial charge in [-0.25, -0.2) is 0 Å². The molecule has 0 aromatic carbocycles. The van der Waals surface area contributed by atoms with Crippen LogP contribution in [-0.2, 0) is 0 Å². The molecule has 0 radical (unpaired) electrons. The van der Waals surface area contributed by atoms with Crippen LogP contribution < -0.4 is 5.32 Å². The van der Waals surface area contributed by atoms with E-state index in [0.29, 0.717) is 12.1 Å². The van der Waals surface area contributed by atoms with Gasteiger partial charge in [-0.3, -0.25) is 4.99 Å². The van der Waals surface area contributed by atoms with Crippen LogP contribution >= 0.6 is 11.8 Å². The molecule has 2 aliphatic rings. The van der Waals surface area contributed by atoms with Gasteiger partial charge in [0.05, 0.1) is 6.04 Å². The molecule has 1 aliphatic heterocycles. The van der Waals surface area contributed by atoms with Gasteiger partial charge in [0.2, 0.25) is 0 Å². The van der Waals surface area contributed by atoms with Gasteiger partial charge in [-0.1, -0.05) is 18.7 Å². The summed E-state index contributed by atoms with van der Waals surface area (Å²) in [7, 11) is 0. The molecule has 0 aromatic rings. The first kappa shape index (κ1) is 9.38. The summed E-state index contributed by atoms with van der Waals surface area (Å²) >= 11 is 1.88. The van der Waals surface area contributed by atoms with Crippen LogP contribution in [0.1, 0.15) is 33.1 Å². The summed E-state index contributed by atoms with van der Waals surface area (Å²) in [5, 5.41) is 4.72. The van der Waals surface area contributed by atoms with Gasteiger partial charge in [0.25, 0.3) is 0 Å². The lowest BCUT2D eigenvalue weighted by Gasteiger charge is -2.35. The Morgan fingerprint density at radius 1 is 1.38 bits per heavy atom. The van der Waals surface area contributed by atoms with Crippen molar-refractivity contribution in [2.24, 2.45) is 10.9 Å². The molecule has 2 rings (SSSR count). The first-order valence-corrected chi connectivity index (χ1v) is 6.19. The smallest absolute Gasteiger partial charge is 0.157 e. The van der Waals surface area contributed by atoms with Crippen molar-refractivity contribution in [1.29, 1.82) is 0 Å². The van der Waals surface area contributed by atoms with Crippen LogP contribution in [0.2, 0.25) is 0 Å². The maximum absolute atomic E-state index is 4.60. The summed E-state index contributed by atoms with van der Waals surface area (Å²) in [6.45, 7) is 4.52. The molecule has 13 heavy (non-hydrogen) atoms. The molecular formula is C10H18N2S. The number of thioether (sulfide) groups is 1. The van der Waals surface area contributed by atoms with E-state index in [1.54, 1.807) is 0 Å². The summed E-state index contributed by atoms with van der Waals surface area (Å²) in [4.78, 5) is 4.60. The van der Waals surface area contributed by atoms with Gasteiger partial charge < -0.3 is 5.32 Å². The average Bonchev–Trinajstić information content (AvgIpc) is 2.01. The van der Waals surface area contributed by atoms with Crippen molar-refractivity contribution in [1.82, 2.24) is 5.32 Å². The fourth-order valence-corrected chi connectivity index (χ4v) is 3.06. The molecular weight excluding hydrogens is 180 g/mol. The Balaban J connectivity index is 1.80. The second-order valence-electron chi connectivity index (χ2n) is 4.34. The first-order valence-electron chi connectivity index (χ1n) is 5.21. The van der Waals surface area contributed by atoms with Crippen molar-refractivity contribution in [3.63, 3.8) is 0 Å². The standard InChI is InChI=1S/C10H18N2S/c1-7-5-9(6-7)12-10-11-8(2)3-4-13-10/h7-9H,3-6H2,1-2H3,(H,11,12). The zero-order valence-corrected chi connectivity index (χ0v) is 9.23. The monoisotopic (exact) mass is 198 g/mol. The number of nitrogens with zero attached hydrogens (tertiary/aromatic N) is 1. The van der Waals surface area contributed by atoms with Crippen LogP contribution in [0.5, 0.6) is 0 Å². The fraction of sp³-hybridized carbons (Fsp3) is 0.900. The lowest BCUT2D eigenvalue weighted by atomic mass is 9.82. The summed E-state index contributed by atoms with van der Waals surface area (Å²) < 4.78 is 0. The van der Waals surface area contributed by atoms with Gasteiger partial charge in [-0.05, 0) is 32.1 Å². The third kappa shape index (κ3) is 2.39. The minimum Gasteiger partial charge on any atom is -0.362 e. The first-order chi connectivity index (χ1) is 6.24. The van der Waals surface area contributed by atoms with E-state index >= 15 is 0 Å². The Bertz CT molecular complexity index is 209. The molecule has 1 aliphatic carbocycles. The van der Waals surface area contributed by atoms with E-state index < -0.39 is 0 Å². The highest BCUT2D eigenvalue weighted by Gasteiger charge is 2.26. The van der Waals surface area contributed by atoms with Gasteiger partial charge in [-0.15, -0.1) is 0 Å². The van der Waals surface area contributed by atoms with Gasteiger partial charge in [0.15, 0.2) is 5.17 Å². The van der Waals surface area contributed by atoms with Gasteiger partial charge in [-0.2, -0.15) is 0 Å². The molecule has 1 atom stereocenters. The second kappa shape index (κ2) is 3.91. The number of rotatable bonds is 1. The quantitative estimate of drug-likeness (QED) is 0.699. The summed E-state index contributed by atoms with van der Waals surface area (Å²) in [5.41, 5.74) is 0. The van der Waals surface area contributed by atoms with E-state index in [1.807, 2.05) is 11.8 Å². The van der Waals surface area contributed by atoms with E-state index in [9.17, 15) is 0 Å². The van der Waals surface area contributed by atoms with Crippen LogP contribution in [-0.4, -0.2) is 23.0 Å². The Labute approximate surface area is 84.6 Å². The molecule has 74 valence electrons. The topological polar surface area (TPSA) is 24.4 Å². The molecule has 2 nitrogen and oxygen atoms in total. The minimum atomic E-state index is 0.529. The molecule has 0 bridgehead atoms. The molecule has 1 saturated carbocycles. The van der Waals surface area contributed by atoms with Crippen molar-refractivity contribution < 1.29 is 0 Å². The molecule has 1 fully saturated rings. The van der Waals surface area contributed by atoms with Gasteiger partial charge >= 0.3 is 0 Å². The normalized spacial score (nSPS) is 39.2. The van der Waals surface area contributed by atoms with Crippen molar-refractivity contribution in [2.75, 3.05) is 5.75 Å². The summed E-state index contributed by atoms with van der Waals surface area (Å²) in [5.74, 6) is 2.15. The molecule has 1 unspecified atom stereocenters. The second-order valence-corrected chi connectivity index (χ2v) is 5.42. The molecule has 1 N–H and O–H groups in total. The van der Waals surface area contributed by atoms with E-state index in [0.717, 1.165) is 5.92 Å². The molecule has 3 heteroatoms. The van der Waals surface area contributed by atoms with E-state index in [2.05, 4.69) is 24.2 Å². The largest absolute Gasteiger partial charge is 0.362 e. The predicted octanol–water partition coefficient (Wildman–Crippen LogP) is 2.26. The van der Waals surface area contributed by atoms with Crippen LogP contribution in [0.25, 0.3) is 0 Å². The van der Waals surface area contributed by atoms with E-state index in [1.165, 1.54) is 30.2 Å². The van der Waals surface area contributed by atoms with Crippen molar-refractivity contribution in [3.05, 3.63) is 0 Å². The molecule has 1 heterocycles. The maximum atomic E-state index is 4.60. The highest BCUT2D eigenvalue weighted by Crippen LogP contribution is 2.27. The lowest BCUT2D eigenvalue weighted by molar-refractivity contribution is 0.268. The number of hydrogen-bond acceptors (Lipinski definition) is 3. The van der Waals surface area contributed by atoms with Crippen LogP contribution in [0.15, 0.2) is 4.99 Å². The van der Waals surface area contributed by atoms with Crippen molar-refractivity contribution >= 4 is 16.9 Å². The van der Waals surface area contributed by atoms with Crippen molar-refractivity contribution in [2.45, 2.75) is 45.2 Å². The Morgan fingerprint density at radius 2 is 2.15 bits per heavy atom. The van der Waals surface area contributed by atoms with E-state index in [-0.39, 0.29) is 0 Å². The molecule has 0 aromatic heterocycles. The van der Waals surface area contributed by atoms with Gasteiger partial charge in [0.1, 0.15) is 0 Å². The van der Waals surface area contributed by atoms with Crippen LogP contribution in [0.4, 0.5) is 0 Å². The summed E-state index contributed by atoms with van der Waals surface area (Å²) in [6.07, 6.45) is 3.89. The zero-order chi connectivity index (χ0) is 9.26. The average molecular weight is 198 g/mol. The number of aliphatic imine (C=N–C) groups is 1. The number of amidine groups is 1.